The highest BCUT2D eigenvalue weighted by atomic mass is 16.5. The molecule has 0 aliphatic carbocycles. The zero-order valence-electron chi connectivity index (χ0n) is 15.3. The maximum Gasteiger partial charge on any atom is 0.0678 e. The smallest absolute Gasteiger partial charge is 0.0678 e. The van der Waals surface area contributed by atoms with Gasteiger partial charge in [-0.1, -0.05) is 48.0 Å². The van der Waals surface area contributed by atoms with E-state index in [0.29, 0.717) is 0 Å². The number of hydrogen-bond donors (Lipinski definition) is 0. The summed E-state index contributed by atoms with van der Waals surface area (Å²) in [5, 5.41) is 0. The molecule has 2 heteroatoms. The maximum atomic E-state index is 5.91. The standard InChI is InChI=1S/C18H38O2/c1-9-16(6,14-17(10-2,11-3)19-7)15-18(12-4,13-5)20-8/h9-15H2,1-8H3. The zero-order valence-corrected chi connectivity index (χ0v) is 15.3. The fraction of sp³-hybridized carbons (Fsp3) is 1.00. The molecule has 0 spiro atoms. The van der Waals surface area contributed by atoms with Gasteiger partial charge in [0.1, 0.15) is 0 Å². The van der Waals surface area contributed by atoms with Gasteiger partial charge in [-0.3, -0.25) is 0 Å². The van der Waals surface area contributed by atoms with E-state index in [1.807, 2.05) is 14.2 Å². The van der Waals surface area contributed by atoms with E-state index < -0.39 is 0 Å². The molecule has 0 saturated heterocycles. The number of rotatable bonds is 11. The Labute approximate surface area is 127 Å². The fourth-order valence-corrected chi connectivity index (χ4v) is 3.59. The summed E-state index contributed by atoms with van der Waals surface area (Å²) >= 11 is 0. The van der Waals surface area contributed by atoms with Gasteiger partial charge in [0, 0.05) is 14.2 Å². The van der Waals surface area contributed by atoms with Gasteiger partial charge in [-0.25, -0.2) is 0 Å². The molecule has 122 valence electrons. The molecule has 0 aliphatic rings. The van der Waals surface area contributed by atoms with Crippen molar-refractivity contribution in [3.05, 3.63) is 0 Å². The second-order valence-electron chi connectivity index (χ2n) is 6.71. The van der Waals surface area contributed by atoms with Crippen LogP contribution in [0, 0.1) is 5.41 Å². The van der Waals surface area contributed by atoms with E-state index >= 15 is 0 Å². The molecule has 0 atom stereocenters. The summed E-state index contributed by atoms with van der Waals surface area (Å²) in [4.78, 5) is 0. The van der Waals surface area contributed by atoms with E-state index in [2.05, 4.69) is 41.5 Å². The minimum atomic E-state index is 0.0196. The molecule has 0 amide bonds. The maximum absolute atomic E-state index is 5.91. The fourth-order valence-electron chi connectivity index (χ4n) is 3.59. The highest BCUT2D eigenvalue weighted by Crippen LogP contribution is 2.45. The van der Waals surface area contributed by atoms with Crippen molar-refractivity contribution in [1.82, 2.24) is 0 Å². The molecule has 2 nitrogen and oxygen atoms in total. The lowest BCUT2D eigenvalue weighted by atomic mass is 9.68. The minimum absolute atomic E-state index is 0.0196. The Bertz CT molecular complexity index is 214. The van der Waals surface area contributed by atoms with Crippen molar-refractivity contribution in [2.24, 2.45) is 5.41 Å². The summed E-state index contributed by atoms with van der Waals surface area (Å²) in [6, 6.07) is 0. The lowest BCUT2D eigenvalue weighted by molar-refractivity contribution is -0.0912. The first-order valence-corrected chi connectivity index (χ1v) is 8.44. The van der Waals surface area contributed by atoms with Gasteiger partial charge in [0.25, 0.3) is 0 Å². The zero-order chi connectivity index (χ0) is 15.9. The summed E-state index contributed by atoms with van der Waals surface area (Å²) < 4.78 is 11.8. The molecule has 0 radical (unpaired) electrons. The third-order valence-corrected chi connectivity index (χ3v) is 5.79. The highest BCUT2D eigenvalue weighted by molar-refractivity contribution is 4.92. The molecule has 0 N–H and O–H groups in total. The van der Waals surface area contributed by atoms with Crippen LogP contribution < -0.4 is 0 Å². The van der Waals surface area contributed by atoms with Gasteiger partial charge >= 0.3 is 0 Å². The molecule has 0 saturated carbocycles. The van der Waals surface area contributed by atoms with E-state index in [1.54, 1.807) is 0 Å². The van der Waals surface area contributed by atoms with Crippen LogP contribution in [0.4, 0.5) is 0 Å². The molecule has 0 aliphatic heterocycles. The first kappa shape index (κ1) is 19.9. The van der Waals surface area contributed by atoms with Crippen molar-refractivity contribution in [2.75, 3.05) is 14.2 Å². The van der Waals surface area contributed by atoms with E-state index in [4.69, 9.17) is 9.47 Å². The Kier molecular flexibility index (Phi) is 8.35. The van der Waals surface area contributed by atoms with Crippen LogP contribution in [0.25, 0.3) is 0 Å². The Hall–Kier alpha value is -0.0800. The summed E-state index contributed by atoms with van der Waals surface area (Å²) in [7, 11) is 3.73. The first-order chi connectivity index (χ1) is 9.34. The van der Waals surface area contributed by atoms with E-state index in [-0.39, 0.29) is 16.6 Å². The van der Waals surface area contributed by atoms with Crippen molar-refractivity contribution in [3.63, 3.8) is 0 Å². The Morgan fingerprint density at radius 1 is 0.600 bits per heavy atom. The molecule has 0 rings (SSSR count). The SMILES string of the molecule is CCC(C)(CC(CC)(CC)OC)CC(CC)(CC)OC. The summed E-state index contributed by atoms with van der Waals surface area (Å²) in [6.07, 6.45) is 7.71. The Morgan fingerprint density at radius 3 is 1.05 bits per heavy atom. The van der Waals surface area contributed by atoms with Crippen molar-refractivity contribution in [3.8, 4) is 0 Å². The van der Waals surface area contributed by atoms with E-state index in [9.17, 15) is 0 Å². The van der Waals surface area contributed by atoms with Gasteiger partial charge in [0.05, 0.1) is 11.2 Å². The quantitative estimate of drug-likeness (QED) is 0.492. The van der Waals surface area contributed by atoms with Crippen LogP contribution in [0.2, 0.25) is 0 Å². The minimum Gasteiger partial charge on any atom is -0.378 e. The van der Waals surface area contributed by atoms with Crippen LogP contribution in [0.1, 0.15) is 86.5 Å². The third kappa shape index (κ3) is 4.73. The topological polar surface area (TPSA) is 18.5 Å². The van der Waals surface area contributed by atoms with Crippen LogP contribution in [0.15, 0.2) is 0 Å². The monoisotopic (exact) mass is 286 g/mol. The molecule has 20 heavy (non-hydrogen) atoms. The van der Waals surface area contributed by atoms with Crippen LogP contribution in [0.3, 0.4) is 0 Å². The lowest BCUT2D eigenvalue weighted by Gasteiger charge is -2.45. The molecule has 0 heterocycles. The predicted molar refractivity (Wildman–Crippen MR) is 88.3 cm³/mol. The molecular formula is C18H38O2. The second-order valence-corrected chi connectivity index (χ2v) is 6.71. The lowest BCUT2D eigenvalue weighted by Crippen LogP contribution is -2.42. The normalized spacial score (nSPS) is 13.8. The number of ether oxygens (including phenoxy) is 2. The molecule has 0 aromatic rings. The summed E-state index contributed by atoms with van der Waals surface area (Å²) in [5.41, 5.74) is 0.307. The van der Waals surface area contributed by atoms with Gasteiger partial charge in [-0.15, -0.1) is 0 Å². The van der Waals surface area contributed by atoms with Crippen molar-refractivity contribution >= 4 is 0 Å². The van der Waals surface area contributed by atoms with Crippen molar-refractivity contribution < 1.29 is 9.47 Å². The van der Waals surface area contributed by atoms with E-state index in [0.717, 1.165) is 38.5 Å². The second kappa shape index (κ2) is 8.38. The number of hydrogen-bond acceptors (Lipinski definition) is 2. The average molecular weight is 286 g/mol. The van der Waals surface area contributed by atoms with Crippen LogP contribution in [0.5, 0.6) is 0 Å². The van der Waals surface area contributed by atoms with Crippen LogP contribution >= 0.6 is 0 Å². The summed E-state index contributed by atoms with van der Waals surface area (Å²) in [5.74, 6) is 0. The van der Waals surface area contributed by atoms with Gasteiger partial charge in [-0.2, -0.15) is 0 Å². The van der Waals surface area contributed by atoms with Gasteiger partial charge in [-0.05, 0) is 43.9 Å². The first-order valence-electron chi connectivity index (χ1n) is 8.44. The van der Waals surface area contributed by atoms with Gasteiger partial charge < -0.3 is 9.47 Å². The Morgan fingerprint density at radius 2 is 0.900 bits per heavy atom. The van der Waals surface area contributed by atoms with Crippen LogP contribution in [-0.2, 0) is 9.47 Å². The van der Waals surface area contributed by atoms with Gasteiger partial charge in [0.15, 0.2) is 0 Å². The van der Waals surface area contributed by atoms with Crippen LogP contribution in [-0.4, -0.2) is 25.4 Å². The van der Waals surface area contributed by atoms with Crippen molar-refractivity contribution in [2.45, 2.75) is 97.7 Å². The molecule has 0 bridgehead atoms. The largest absolute Gasteiger partial charge is 0.378 e. The molecule has 0 unspecified atom stereocenters. The highest BCUT2D eigenvalue weighted by Gasteiger charge is 2.41. The van der Waals surface area contributed by atoms with Gasteiger partial charge in [0.2, 0.25) is 0 Å². The van der Waals surface area contributed by atoms with E-state index in [1.165, 1.54) is 6.42 Å². The molecule has 0 aromatic carbocycles. The molecule has 0 aromatic heterocycles. The van der Waals surface area contributed by atoms with Crippen molar-refractivity contribution in [1.29, 1.82) is 0 Å². The third-order valence-electron chi connectivity index (χ3n) is 5.79. The predicted octanol–water partition coefficient (Wildman–Crippen LogP) is 5.59. The molecule has 0 fully saturated rings. The molecular weight excluding hydrogens is 248 g/mol. The number of methoxy groups -OCH3 is 2. The average Bonchev–Trinajstić information content (AvgIpc) is 2.51. The Balaban J connectivity index is 5.19. The summed E-state index contributed by atoms with van der Waals surface area (Å²) in [6.45, 7) is 13.7.